The molecule has 7 heteroatoms. The van der Waals surface area contributed by atoms with Crippen LogP contribution in [0.1, 0.15) is 6.42 Å². The number of anilines is 1. The molecule has 0 spiro atoms. The van der Waals surface area contributed by atoms with Crippen LogP contribution in [0.5, 0.6) is 5.75 Å². The molecule has 3 aromatic rings. The molecule has 1 N–H and O–H groups in total. The quantitative estimate of drug-likeness (QED) is 0.774. The second-order valence-electron chi connectivity index (χ2n) is 5.39. The second kappa shape index (κ2) is 7.12. The van der Waals surface area contributed by atoms with Crippen molar-refractivity contribution in [2.24, 2.45) is 0 Å². The molecule has 1 heterocycles. The molecular formula is C18H16FN3O3. The lowest BCUT2D eigenvalue weighted by atomic mass is 10.2. The van der Waals surface area contributed by atoms with Crippen molar-refractivity contribution in [3.8, 4) is 5.75 Å². The van der Waals surface area contributed by atoms with Crippen LogP contribution in [0.2, 0.25) is 0 Å². The minimum Gasteiger partial charge on any atom is -0.494 e. The van der Waals surface area contributed by atoms with Crippen LogP contribution in [0.15, 0.2) is 53.5 Å². The molecule has 0 aliphatic rings. The molecule has 0 bridgehead atoms. The Morgan fingerprint density at radius 2 is 2.08 bits per heavy atom. The number of para-hydroxylation sites is 1. The van der Waals surface area contributed by atoms with E-state index in [2.05, 4.69) is 10.4 Å². The Bertz CT molecular complexity index is 985. The average Bonchev–Trinajstić information content (AvgIpc) is 2.63. The normalized spacial score (nSPS) is 10.6. The maximum absolute atomic E-state index is 13.2. The molecule has 3 rings (SSSR count). The summed E-state index contributed by atoms with van der Waals surface area (Å²) in [6.07, 6.45) is 1.38. The molecule has 0 fully saturated rings. The lowest BCUT2D eigenvalue weighted by Crippen LogP contribution is -2.18. The van der Waals surface area contributed by atoms with Gasteiger partial charge in [-0.15, -0.1) is 0 Å². The van der Waals surface area contributed by atoms with Gasteiger partial charge in [0.05, 0.1) is 31.1 Å². The number of rotatable bonds is 5. The van der Waals surface area contributed by atoms with Gasteiger partial charge in [-0.05, 0) is 24.3 Å². The smallest absolute Gasteiger partial charge is 0.226 e. The van der Waals surface area contributed by atoms with Gasteiger partial charge in [-0.25, -0.2) is 4.39 Å². The summed E-state index contributed by atoms with van der Waals surface area (Å²) in [7, 11) is 1.40. The monoisotopic (exact) mass is 341 g/mol. The molecule has 0 aliphatic carbocycles. The third kappa shape index (κ3) is 3.65. The highest BCUT2D eigenvalue weighted by molar-refractivity contribution is 5.92. The Balaban J connectivity index is 1.73. The standard InChI is InChI=1S/C18H16FN3O3/c1-25-17-10-12(19)6-7-14(17)21-18(24)8-9-22-15-5-3-2-4-13(15)16(23)11-20-22/h2-7,10-11H,8-9H2,1H3,(H,21,24). The van der Waals surface area contributed by atoms with Gasteiger partial charge in [0, 0.05) is 17.9 Å². The summed E-state index contributed by atoms with van der Waals surface area (Å²) in [6.45, 7) is 0.302. The van der Waals surface area contributed by atoms with Crippen LogP contribution < -0.4 is 15.5 Å². The van der Waals surface area contributed by atoms with Gasteiger partial charge in [-0.1, -0.05) is 12.1 Å². The minimum atomic E-state index is -0.446. The maximum atomic E-state index is 13.2. The third-order valence-electron chi connectivity index (χ3n) is 3.75. The fourth-order valence-corrected chi connectivity index (χ4v) is 2.53. The van der Waals surface area contributed by atoms with Crippen molar-refractivity contribution in [1.82, 2.24) is 9.78 Å². The predicted molar refractivity (Wildman–Crippen MR) is 92.2 cm³/mol. The number of nitrogens with zero attached hydrogens (tertiary/aromatic N) is 2. The summed E-state index contributed by atoms with van der Waals surface area (Å²) in [5, 5.41) is 7.32. The zero-order chi connectivity index (χ0) is 17.8. The number of benzene rings is 2. The first-order valence-electron chi connectivity index (χ1n) is 7.67. The lowest BCUT2D eigenvalue weighted by Gasteiger charge is -2.11. The van der Waals surface area contributed by atoms with E-state index < -0.39 is 5.82 Å². The fraction of sp³-hybridized carbons (Fsp3) is 0.167. The van der Waals surface area contributed by atoms with Crippen molar-refractivity contribution in [1.29, 1.82) is 0 Å². The van der Waals surface area contributed by atoms with Crippen molar-refractivity contribution in [3.05, 3.63) is 64.7 Å². The van der Waals surface area contributed by atoms with Crippen molar-refractivity contribution >= 4 is 22.5 Å². The van der Waals surface area contributed by atoms with Gasteiger partial charge in [0.1, 0.15) is 11.6 Å². The van der Waals surface area contributed by atoms with Crippen LogP contribution in [0.4, 0.5) is 10.1 Å². The molecule has 0 atom stereocenters. The first-order valence-corrected chi connectivity index (χ1v) is 7.67. The van der Waals surface area contributed by atoms with Crippen molar-refractivity contribution in [2.75, 3.05) is 12.4 Å². The Labute approximate surface area is 142 Å². The summed E-state index contributed by atoms with van der Waals surface area (Å²) in [6, 6.07) is 11.0. The molecule has 1 aromatic heterocycles. The van der Waals surface area contributed by atoms with E-state index in [1.54, 1.807) is 22.9 Å². The minimum absolute atomic E-state index is 0.139. The molecule has 0 aliphatic heterocycles. The van der Waals surface area contributed by atoms with E-state index in [1.807, 2.05) is 6.07 Å². The van der Waals surface area contributed by atoms with Crippen LogP contribution in [0, 0.1) is 5.82 Å². The highest BCUT2D eigenvalue weighted by Gasteiger charge is 2.10. The zero-order valence-corrected chi connectivity index (χ0v) is 13.5. The average molecular weight is 341 g/mol. The number of ether oxygens (including phenoxy) is 1. The summed E-state index contributed by atoms with van der Waals surface area (Å²) < 4.78 is 19.9. The van der Waals surface area contributed by atoms with Crippen LogP contribution in [-0.2, 0) is 11.3 Å². The van der Waals surface area contributed by atoms with E-state index in [9.17, 15) is 14.0 Å². The number of carbonyl (C=O) groups excluding carboxylic acids is 1. The first kappa shape index (κ1) is 16.6. The molecule has 0 radical (unpaired) electrons. The van der Waals surface area contributed by atoms with Crippen LogP contribution in [0.3, 0.4) is 0 Å². The lowest BCUT2D eigenvalue weighted by molar-refractivity contribution is -0.116. The number of halogens is 1. The number of hydrogen-bond acceptors (Lipinski definition) is 4. The van der Waals surface area contributed by atoms with Crippen molar-refractivity contribution in [2.45, 2.75) is 13.0 Å². The van der Waals surface area contributed by atoms with Crippen molar-refractivity contribution in [3.63, 3.8) is 0 Å². The fourth-order valence-electron chi connectivity index (χ4n) is 2.53. The van der Waals surface area contributed by atoms with Crippen molar-refractivity contribution < 1.29 is 13.9 Å². The number of amides is 1. The number of hydrogen-bond donors (Lipinski definition) is 1. The van der Waals surface area contributed by atoms with E-state index >= 15 is 0 Å². The summed E-state index contributed by atoms with van der Waals surface area (Å²) in [5.41, 5.74) is 0.904. The highest BCUT2D eigenvalue weighted by atomic mass is 19.1. The Morgan fingerprint density at radius 3 is 2.88 bits per heavy atom. The summed E-state index contributed by atoms with van der Waals surface area (Å²) in [4.78, 5) is 24.0. The van der Waals surface area contributed by atoms with E-state index in [4.69, 9.17) is 4.74 Å². The molecule has 25 heavy (non-hydrogen) atoms. The molecule has 6 nitrogen and oxygen atoms in total. The number of fused-ring (bicyclic) bond motifs is 1. The molecule has 0 unspecified atom stereocenters. The third-order valence-corrected chi connectivity index (χ3v) is 3.75. The van der Waals surface area contributed by atoms with E-state index in [1.165, 1.54) is 31.5 Å². The maximum Gasteiger partial charge on any atom is 0.226 e. The Kier molecular flexibility index (Phi) is 4.74. The summed E-state index contributed by atoms with van der Waals surface area (Å²) in [5.74, 6) is -0.464. The zero-order valence-electron chi connectivity index (χ0n) is 13.5. The molecule has 128 valence electrons. The summed E-state index contributed by atoms with van der Waals surface area (Å²) >= 11 is 0. The van der Waals surface area contributed by atoms with Gasteiger partial charge in [0.2, 0.25) is 11.3 Å². The predicted octanol–water partition coefficient (Wildman–Crippen LogP) is 2.57. The van der Waals surface area contributed by atoms with E-state index in [0.29, 0.717) is 23.1 Å². The van der Waals surface area contributed by atoms with Crippen LogP contribution in [-0.4, -0.2) is 22.8 Å². The van der Waals surface area contributed by atoms with Gasteiger partial charge in [-0.3, -0.25) is 14.3 Å². The Hall–Kier alpha value is -3.22. The topological polar surface area (TPSA) is 73.2 Å². The highest BCUT2D eigenvalue weighted by Crippen LogP contribution is 2.25. The van der Waals surface area contributed by atoms with Crippen LogP contribution in [0.25, 0.3) is 10.9 Å². The molecule has 2 aromatic carbocycles. The number of nitrogens with one attached hydrogen (secondary N) is 1. The number of carbonyl (C=O) groups is 1. The number of methoxy groups -OCH3 is 1. The molecular weight excluding hydrogens is 325 g/mol. The molecule has 0 saturated heterocycles. The van der Waals surface area contributed by atoms with Gasteiger partial charge in [0.25, 0.3) is 0 Å². The number of aromatic nitrogens is 2. The van der Waals surface area contributed by atoms with Gasteiger partial charge in [-0.2, -0.15) is 5.10 Å². The van der Waals surface area contributed by atoms with E-state index in [0.717, 1.165) is 0 Å². The van der Waals surface area contributed by atoms with E-state index in [-0.39, 0.29) is 23.5 Å². The van der Waals surface area contributed by atoms with Crippen LogP contribution >= 0.6 is 0 Å². The molecule has 1 amide bonds. The molecule has 0 saturated carbocycles. The van der Waals surface area contributed by atoms with Gasteiger partial charge >= 0.3 is 0 Å². The SMILES string of the molecule is COc1cc(F)ccc1NC(=O)CCn1ncc(=O)c2ccccc21. The number of aryl methyl sites for hydroxylation is 1. The first-order chi connectivity index (χ1) is 12.1. The second-order valence-corrected chi connectivity index (χ2v) is 5.39. The van der Waals surface area contributed by atoms with Gasteiger partial charge < -0.3 is 10.1 Å². The Morgan fingerprint density at radius 1 is 1.28 bits per heavy atom. The van der Waals surface area contributed by atoms with Gasteiger partial charge in [0.15, 0.2) is 0 Å². The largest absolute Gasteiger partial charge is 0.494 e.